The summed E-state index contributed by atoms with van der Waals surface area (Å²) in [6.45, 7) is 1.40. The Bertz CT molecular complexity index is 1010. The van der Waals surface area contributed by atoms with Crippen molar-refractivity contribution in [2.45, 2.75) is 54.7 Å². The van der Waals surface area contributed by atoms with E-state index in [0.29, 0.717) is 17.5 Å². The van der Waals surface area contributed by atoms with Gasteiger partial charge in [-0.2, -0.15) is 0 Å². The lowest BCUT2D eigenvalue weighted by molar-refractivity contribution is -0.170. The second kappa shape index (κ2) is 7.85. The van der Waals surface area contributed by atoms with Crippen molar-refractivity contribution in [2.24, 2.45) is 17.3 Å². The predicted molar refractivity (Wildman–Crippen MR) is 120 cm³/mol. The first kappa shape index (κ1) is 22.7. The molecule has 2 atom stereocenters. The highest BCUT2D eigenvalue weighted by Gasteiger charge is 2.60. The van der Waals surface area contributed by atoms with Gasteiger partial charge in [-0.3, -0.25) is 9.59 Å². The van der Waals surface area contributed by atoms with Gasteiger partial charge in [0.25, 0.3) is 5.91 Å². The molecule has 0 aromatic heterocycles. The monoisotopic (exact) mass is 512 g/mol. The van der Waals surface area contributed by atoms with Crippen LogP contribution in [0, 0.1) is 24.2 Å². The summed E-state index contributed by atoms with van der Waals surface area (Å²) in [5.41, 5.74) is 0.627. The largest absolute Gasteiger partial charge is 0.455 e. The number of rotatable bonds is 6. The second-order valence-electron chi connectivity index (χ2n) is 9.78. The van der Waals surface area contributed by atoms with Crippen molar-refractivity contribution in [2.75, 3.05) is 26.0 Å². The van der Waals surface area contributed by atoms with E-state index in [-0.39, 0.29) is 21.8 Å². The lowest BCUT2D eigenvalue weighted by Crippen LogP contribution is -2.56. The molecule has 9 heteroatoms. The van der Waals surface area contributed by atoms with E-state index in [2.05, 4.69) is 21.2 Å². The number of esters is 1. The van der Waals surface area contributed by atoms with Crippen molar-refractivity contribution in [3.63, 3.8) is 0 Å². The smallest absolute Gasteiger partial charge is 0.312 e. The van der Waals surface area contributed by atoms with Gasteiger partial charge in [0.15, 0.2) is 6.61 Å². The third kappa shape index (κ3) is 4.28. The maximum absolute atomic E-state index is 13.0. The summed E-state index contributed by atoms with van der Waals surface area (Å²) < 4.78 is 31.4. The van der Waals surface area contributed by atoms with Crippen molar-refractivity contribution in [3.05, 3.63) is 23.8 Å². The van der Waals surface area contributed by atoms with Gasteiger partial charge in [0.05, 0.1) is 10.3 Å². The molecule has 4 aliphatic carbocycles. The maximum Gasteiger partial charge on any atom is 0.312 e. The fourth-order valence-corrected chi connectivity index (χ4v) is 8.35. The van der Waals surface area contributed by atoms with Gasteiger partial charge in [0.1, 0.15) is 0 Å². The number of anilines is 1. The van der Waals surface area contributed by atoms with Crippen molar-refractivity contribution in [1.29, 1.82) is 0 Å². The van der Waals surface area contributed by atoms with E-state index >= 15 is 0 Å². The fraction of sp³-hybridized carbons (Fsp3) is 0.636. The molecule has 4 aliphatic rings. The summed E-state index contributed by atoms with van der Waals surface area (Å²) in [4.78, 5) is 25.6. The number of hydrogen-bond donors (Lipinski definition) is 1. The average Bonchev–Trinajstić information content (AvgIpc) is 2.65. The number of halogens is 1. The summed E-state index contributed by atoms with van der Waals surface area (Å²) in [5, 5.41) is 2.69. The zero-order valence-corrected chi connectivity index (χ0v) is 20.5. The average molecular weight is 513 g/mol. The zero-order chi connectivity index (χ0) is 22.6. The Morgan fingerprint density at radius 3 is 2.42 bits per heavy atom. The molecule has 0 aliphatic heterocycles. The SMILES string of the molecule is Cc1ccc(S(=O)(=O)N(C)C)cc1NC(=O)COC(=O)C12CC3CC(CC(Br)(C3)C1)C2. The van der Waals surface area contributed by atoms with Gasteiger partial charge in [-0.1, -0.05) is 22.0 Å². The van der Waals surface area contributed by atoms with Crippen molar-refractivity contribution in [1.82, 2.24) is 4.31 Å². The lowest BCUT2D eigenvalue weighted by atomic mass is 9.49. The number of alkyl halides is 1. The van der Waals surface area contributed by atoms with Crippen molar-refractivity contribution in [3.8, 4) is 0 Å². The number of aryl methyl sites for hydroxylation is 1. The topological polar surface area (TPSA) is 92.8 Å². The van der Waals surface area contributed by atoms with Gasteiger partial charge in [-0.25, -0.2) is 12.7 Å². The molecule has 0 saturated heterocycles. The van der Waals surface area contributed by atoms with Gasteiger partial charge < -0.3 is 10.1 Å². The molecule has 1 amide bonds. The zero-order valence-electron chi connectivity index (χ0n) is 18.1. The minimum Gasteiger partial charge on any atom is -0.455 e. The van der Waals surface area contributed by atoms with Crippen LogP contribution >= 0.6 is 15.9 Å². The van der Waals surface area contributed by atoms with E-state index in [1.165, 1.54) is 32.6 Å². The van der Waals surface area contributed by atoms with Crippen LogP contribution in [0.5, 0.6) is 0 Å². The fourth-order valence-electron chi connectivity index (χ4n) is 5.97. The molecule has 7 nitrogen and oxygen atoms in total. The molecule has 170 valence electrons. The maximum atomic E-state index is 13.0. The Morgan fingerprint density at radius 2 is 1.84 bits per heavy atom. The van der Waals surface area contributed by atoms with Crippen LogP contribution in [0.4, 0.5) is 5.69 Å². The molecule has 1 aromatic carbocycles. The first-order chi connectivity index (χ1) is 14.4. The van der Waals surface area contributed by atoms with Gasteiger partial charge in [-0.05, 0) is 75.0 Å². The standard InChI is InChI=1S/C22H29BrN2O5S/c1-14-4-5-17(31(28,29)25(2)3)7-18(14)24-19(26)12-30-20(27)21-8-15-6-16(9-21)11-22(23,10-15)13-21/h4-5,7,15-16H,6,8-13H2,1-3H3,(H,24,26). The van der Waals surface area contributed by atoms with Crippen LogP contribution in [-0.4, -0.2) is 49.6 Å². The number of carbonyl (C=O) groups excluding carboxylic acids is 2. The van der Waals surface area contributed by atoms with E-state index in [1.54, 1.807) is 13.0 Å². The second-order valence-corrected chi connectivity index (χ2v) is 13.6. The van der Waals surface area contributed by atoms with E-state index in [1.807, 2.05) is 0 Å². The highest BCUT2D eigenvalue weighted by Crippen LogP contribution is 2.64. The molecule has 5 rings (SSSR count). The van der Waals surface area contributed by atoms with E-state index < -0.39 is 21.3 Å². The van der Waals surface area contributed by atoms with Crippen LogP contribution in [0.25, 0.3) is 0 Å². The molecule has 1 aromatic rings. The Hall–Kier alpha value is -1.45. The number of sulfonamides is 1. The number of amides is 1. The van der Waals surface area contributed by atoms with Crippen LogP contribution in [0.3, 0.4) is 0 Å². The van der Waals surface area contributed by atoms with E-state index in [4.69, 9.17) is 4.74 Å². The number of nitrogens with zero attached hydrogens (tertiary/aromatic N) is 1. The van der Waals surface area contributed by atoms with Gasteiger partial charge in [0, 0.05) is 24.1 Å². The minimum atomic E-state index is -3.62. The molecule has 31 heavy (non-hydrogen) atoms. The first-order valence-electron chi connectivity index (χ1n) is 10.6. The number of ether oxygens (including phenoxy) is 1. The summed E-state index contributed by atoms with van der Waals surface area (Å²) in [6, 6.07) is 4.57. The van der Waals surface area contributed by atoms with Crippen LogP contribution in [-0.2, 0) is 24.3 Å². The molecule has 4 saturated carbocycles. The van der Waals surface area contributed by atoms with E-state index in [0.717, 1.165) is 42.0 Å². The van der Waals surface area contributed by atoms with Crippen LogP contribution in [0.15, 0.2) is 23.1 Å². The van der Waals surface area contributed by atoms with Crippen LogP contribution in [0.1, 0.15) is 44.1 Å². The highest BCUT2D eigenvalue weighted by molar-refractivity contribution is 9.10. The lowest BCUT2D eigenvalue weighted by Gasteiger charge is -2.58. The summed E-state index contributed by atoms with van der Waals surface area (Å²) in [7, 11) is -0.712. The molecule has 0 spiro atoms. The summed E-state index contributed by atoms with van der Waals surface area (Å²) in [5.74, 6) is 0.340. The van der Waals surface area contributed by atoms with Crippen molar-refractivity contribution < 1.29 is 22.7 Å². The molecule has 0 heterocycles. The Kier molecular flexibility index (Phi) is 5.75. The molecule has 4 fully saturated rings. The van der Waals surface area contributed by atoms with Crippen molar-refractivity contribution >= 4 is 43.5 Å². The molecule has 1 N–H and O–H groups in total. The van der Waals surface area contributed by atoms with Gasteiger partial charge in [-0.15, -0.1) is 0 Å². The third-order valence-corrected chi connectivity index (χ3v) is 9.76. The van der Waals surface area contributed by atoms with Crippen LogP contribution in [0.2, 0.25) is 0 Å². The predicted octanol–water partition coefficient (Wildman–Crippen LogP) is 3.46. The molecule has 4 bridgehead atoms. The number of nitrogens with one attached hydrogen (secondary N) is 1. The Labute approximate surface area is 192 Å². The molecular weight excluding hydrogens is 484 g/mol. The van der Waals surface area contributed by atoms with Gasteiger partial charge >= 0.3 is 5.97 Å². The Balaban J connectivity index is 1.41. The summed E-state index contributed by atoms with van der Waals surface area (Å²) >= 11 is 3.89. The normalized spacial score (nSPS) is 31.6. The Morgan fingerprint density at radius 1 is 1.19 bits per heavy atom. The van der Waals surface area contributed by atoms with Gasteiger partial charge in [0.2, 0.25) is 10.0 Å². The number of carbonyl (C=O) groups is 2. The van der Waals surface area contributed by atoms with Crippen LogP contribution < -0.4 is 5.32 Å². The van der Waals surface area contributed by atoms with E-state index in [9.17, 15) is 18.0 Å². The number of hydrogen-bond acceptors (Lipinski definition) is 5. The quantitative estimate of drug-likeness (QED) is 0.465. The third-order valence-electron chi connectivity index (χ3n) is 7.02. The molecular formula is C22H29BrN2O5S. The first-order valence-corrected chi connectivity index (χ1v) is 12.8. The minimum absolute atomic E-state index is 0.0356. The highest BCUT2D eigenvalue weighted by atomic mass is 79.9. The number of benzene rings is 1. The summed E-state index contributed by atoms with van der Waals surface area (Å²) in [6.07, 6.45) is 5.89. The molecule has 0 radical (unpaired) electrons. The molecule has 2 unspecified atom stereocenters.